The largest absolute Gasteiger partial charge is 0.481 e. The number of anilines is 1. The summed E-state index contributed by atoms with van der Waals surface area (Å²) in [5, 5.41) is 9.60. The summed E-state index contributed by atoms with van der Waals surface area (Å²) in [6.45, 7) is -1.61. The van der Waals surface area contributed by atoms with Crippen LogP contribution in [-0.4, -0.2) is 23.8 Å². The third kappa shape index (κ3) is 3.34. The van der Waals surface area contributed by atoms with Crippen molar-refractivity contribution in [1.29, 1.82) is 0 Å². The number of carboxylic acids is 1. The highest BCUT2D eigenvalue weighted by molar-refractivity contribution is 5.71. The molecule has 0 aliphatic rings. The van der Waals surface area contributed by atoms with Gasteiger partial charge in [0.05, 0.1) is 0 Å². The summed E-state index contributed by atoms with van der Waals surface area (Å²) >= 11 is 0. The molecular weight excluding hydrogens is 318 g/mol. The molecule has 0 radical (unpaired) electrons. The van der Waals surface area contributed by atoms with Gasteiger partial charge in [-0.05, 0) is 0 Å². The minimum atomic E-state index is -5.27. The molecule has 3 nitrogen and oxygen atoms in total. The third-order valence-electron chi connectivity index (χ3n) is 2.39. The van der Waals surface area contributed by atoms with E-state index in [1.165, 1.54) is 5.32 Å². The zero-order valence-corrected chi connectivity index (χ0v) is 9.66. The highest BCUT2D eigenvalue weighted by Crippen LogP contribution is 2.30. The van der Waals surface area contributed by atoms with E-state index in [0.29, 0.717) is 0 Å². The number of hydrogen-bond donors (Lipinski definition) is 2. The summed E-state index contributed by atoms with van der Waals surface area (Å²) in [6, 6.07) is 0. The van der Waals surface area contributed by atoms with Crippen molar-refractivity contribution in [3.05, 3.63) is 29.1 Å². The quantitative estimate of drug-likeness (QED) is 0.509. The fraction of sp³-hybridized carbons (Fsp3) is 0.300. The number of carboxylic acid groups (broad SMARTS) is 1. The molecule has 2 N–H and O–H groups in total. The molecule has 0 amide bonds. The number of nitrogens with one attached hydrogen (secondary N) is 1. The van der Waals surface area contributed by atoms with Gasteiger partial charge in [-0.25, -0.2) is 22.0 Å². The van der Waals surface area contributed by atoms with Gasteiger partial charge in [-0.3, -0.25) is 4.79 Å². The minimum absolute atomic E-state index is 1.28. The van der Waals surface area contributed by atoms with Crippen LogP contribution >= 0.6 is 0 Å². The van der Waals surface area contributed by atoms with Crippen molar-refractivity contribution in [2.24, 2.45) is 5.92 Å². The van der Waals surface area contributed by atoms with Gasteiger partial charge in [-0.2, -0.15) is 13.2 Å². The van der Waals surface area contributed by atoms with Gasteiger partial charge in [0.2, 0.25) is 5.82 Å². The Labute approximate surface area is 111 Å². The molecule has 1 aromatic rings. The first-order valence-corrected chi connectivity index (χ1v) is 5.03. The normalized spacial score (nSPS) is 13.1. The zero-order chi connectivity index (χ0) is 16.5. The number of halogens is 8. The Bertz CT molecular complexity index is 542. The summed E-state index contributed by atoms with van der Waals surface area (Å²) in [7, 11) is 0. The van der Waals surface area contributed by atoms with Crippen LogP contribution < -0.4 is 5.32 Å². The average Bonchev–Trinajstić information content (AvgIpc) is 2.36. The standard InChI is InChI=1S/C10H5F8NO2/c11-3-4(12)6(14)8(7(15)5(3)13)19-1-2(9(20)21)10(16,17)18/h2,19H,1H2,(H,20,21). The average molecular weight is 323 g/mol. The second-order valence-electron chi connectivity index (χ2n) is 3.76. The molecule has 0 heterocycles. The highest BCUT2D eigenvalue weighted by Gasteiger charge is 2.45. The number of aliphatic carboxylic acids is 1. The molecule has 0 aliphatic carbocycles. The fourth-order valence-electron chi connectivity index (χ4n) is 1.31. The number of hydrogen-bond acceptors (Lipinski definition) is 2. The molecule has 1 unspecified atom stereocenters. The molecule has 11 heteroatoms. The summed E-state index contributed by atoms with van der Waals surface area (Å²) in [5.41, 5.74) is -1.73. The first-order chi connectivity index (χ1) is 9.48. The Balaban J connectivity index is 3.13. The van der Waals surface area contributed by atoms with Gasteiger partial charge in [0.1, 0.15) is 5.69 Å². The zero-order valence-electron chi connectivity index (χ0n) is 9.66. The summed E-state index contributed by atoms with van der Waals surface area (Å²) < 4.78 is 101. The number of rotatable bonds is 4. The van der Waals surface area contributed by atoms with Crippen molar-refractivity contribution in [1.82, 2.24) is 0 Å². The van der Waals surface area contributed by atoms with Crippen LogP contribution in [0, 0.1) is 35.0 Å². The predicted molar refractivity (Wildman–Crippen MR) is 51.9 cm³/mol. The molecule has 0 spiro atoms. The molecule has 1 aromatic carbocycles. The van der Waals surface area contributed by atoms with E-state index >= 15 is 0 Å². The Hall–Kier alpha value is -2.07. The Morgan fingerprint density at radius 2 is 1.33 bits per heavy atom. The second-order valence-corrected chi connectivity index (χ2v) is 3.76. The van der Waals surface area contributed by atoms with Crippen LogP contribution in [0.15, 0.2) is 0 Å². The van der Waals surface area contributed by atoms with Crippen molar-refractivity contribution in [3.63, 3.8) is 0 Å². The van der Waals surface area contributed by atoms with E-state index in [9.17, 15) is 39.9 Å². The van der Waals surface area contributed by atoms with Crippen LogP contribution in [-0.2, 0) is 4.79 Å². The van der Waals surface area contributed by atoms with Crippen molar-refractivity contribution in [3.8, 4) is 0 Å². The minimum Gasteiger partial charge on any atom is -0.481 e. The maximum absolute atomic E-state index is 13.1. The second kappa shape index (κ2) is 5.74. The topological polar surface area (TPSA) is 49.3 Å². The van der Waals surface area contributed by atoms with Gasteiger partial charge >= 0.3 is 12.1 Å². The summed E-state index contributed by atoms with van der Waals surface area (Å²) in [4.78, 5) is 10.4. The van der Waals surface area contributed by atoms with Crippen molar-refractivity contribution in [2.45, 2.75) is 6.18 Å². The van der Waals surface area contributed by atoms with E-state index in [4.69, 9.17) is 5.11 Å². The van der Waals surface area contributed by atoms with E-state index in [1.807, 2.05) is 0 Å². The van der Waals surface area contributed by atoms with Gasteiger partial charge < -0.3 is 10.4 Å². The molecule has 0 aromatic heterocycles. The van der Waals surface area contributed by atoms with Gasteiger partial charge in [0, 0.05) is 6.54 Å². The van der Waals surface area contributed by atoms with Gasteiger partial charge in [-0.15, -0.1) is 0 Å². The lowest BCUT2D eigenvalue weighted by molar-refractivity contribution is -0.190. The van der Waals surface area contributed by atoms with Crippen molar-refractivity contribution in [2.75, 3.05) is 11.9 Å². The Kier molecular flexibility index (Phi) is 4.64. The molecule has 0 bridgehead atoms. The van der Waals surface area contributed by atoms with E-state index in [0.717, 1.165) is 0 Å². The predicted octanol–water partition coefficient (Wildman–Crippen LogP) is 3.06. The molecule has 0 fully saturated rings. The highest BCUT2D eigenvalue weighted by atomic mass is 19.4. The molecule has 1 atom stereocenters. The third-order valence-corrected chi connectivity index (χ3v) is 2.39. The first-order valence-electron chi connectivity index (χ1n) is 5.03. The van der Waals surface area contributed by atoms with Gasteiger partial charge in [0.25, 0.3) is 0 Å². The van der Waals surface area contributed by atoms with Crippen molar-refractivity contribution < 1.29 is 45.0 Å². The molecule has 0 saturated heterocycles. The Morgan fingerprint density at radius 1 is 0.952 bits per heavy atom. The first kappa shape index (κ1) is 17.0. The number of carbonyl (C=O) groups is 1. The maximum Gasteiger partial charge on any atom is 0.403 e. The maximum atomic E-state index is 13.1. The fourth-order valence-corrected chi connectivity index (χ4v) is 1.31. The molecular formula is C10H5F8NO2. The van der Waals surface area contributed by atoms with Crippen LogP contribution in [0.5, 0.6) is 0 Å². The molecule has 0 saturated carbocycles. The lowest BCUT2D eigenvalue weighted by atomic mass is 10.1. The summed E-state index contributed by atoms with van der Waals surface area (Å²) in [5.74, 6) is -17.5. The lowest BCUT2D eigenvalue weighted by Gasteiger charge is -2.18. The number of alkyl halides is 3. The van der Waals surface area contributed by atoms with Crippen LogP contribution in [0.25, 0.3) is 0 Å². The lowest BCUT2D eigenvalue weighted by Crippen LogP contribution is -2.36. The van der Waals surface area contributed by atoms with E-state index < -0.39 is 59.4 Å². The molecule has 118 valence electrons. The molecule has 1 rings (SSSR count). The van der Waals surface area contributed by atoms with E-state index in [2.05, 4.69) is 0 Å². The number of benzene rings is 1. The van der Waals surface area contributed by atoms with Crippen molar-refractivity contribution >= 4 is 11.7 Å². The smallest absolute Gasteiger partial charge is 0.403 e. The van der Waals surface area contributed by atoms with E-state index in [-0.39, 0.29) is 0 Å². The molecule has 21 heavy (non-hydrogen) atoms. The summed E-state index contributed by atoms with van der Waals surface area (Å²) in [6.07, 6.45) is -5.27. The van der Waals surface area contributed by atoms with Gasteiger partial charge in [0.15, 0.2) is 29.2 Å². The van der Waals surface area contributed by atoms with Crippen LogP contribution in [0.4, 0.5) is 40.8 Å². The van der Waals surface area contributed by atoms with Crippen LogP contribution in [0.1, 0.15) is 0 Å². The molecule has 0 aliphatic heterocycles. The Morgan fingerprint density at radius 3 is 1.67 bits per heavy atom. The van der Waals surface area contributed by atoms with Crippen LogP contribution in [0.3, 0.4) is 0 Å². The monoisotopic (exact) mass is 323 g/mol. The van der Waals surface area contributed by atoms with Gasteiger partial charge in [-0.1, -0.05) is 0 Å². The SMILES string of the molecule is O=C(O)C(CNc1c(F)c(F)c(F)c(F)c1F)C(F)(F)F. The van der Waals surface area contributed by atoms with Crippen LogP contribution in [0.2, 0.25) is 0 Å². The van der Waals surface area contributed by atoms with E-state index in [1.54, 1.807) is 0 Å².